The molecule has 0 aliphatic carbocycles. The van der Waals surface area contributed by atoms with E-state index in [1.165, 1.54) is 44.9 Å². The molecule has 0 aromatic carbocycles. The van der Waals surface area contributed by atoms with Gasteiger partial charge in [0.05, 0.1) is 0 Å². The minimum atomic E-state index is -2.09. The largest absolute Gasteiger partial charge is 0.481 e. The van der Waals surface area contributed by atoms with Gasteiger partial charge in [-0.25, -0.2) is 0 Å². The van der Waals surface area contributed by atoms with E-state index in [2.05, 4.69) is 19.1 Å². The van der Waals surface area contributed by atoms with Crippen LogP contribution >= 0.6 is 0 Å². The molecule has 25 heavy (non-hydrogen) atoms. The van der Waals surface area contributed by atoms with Gasteiger partial charge in [0.2, 0.25) is 0 Å². The van der Waals surface area contributed by atoms with Gasteiger partial charge in [0.25, 0.3) is 0 Å². The molecule has 0 radical (unpaired) electrons. The van der Waals surface area contributed by atoms with Crippen LogP contribution in [-0.4, -0.2) is 27.1 Å². The summed E-state index contributed by atoms with van der Waals surface area (Å²) in [6.45, 7) is 3.83. The van der Waals surface area contributed by atoms with Crippen LogP contribution < -0.4 is 0 Å². The lowest BCUT2D eigenvalue weighted by atomic mass is 9.90. The Labute approximate surface area is 154 Å². The Bertz CT molecular complexity index is 350. The third-order valence-electron chi connectivity index (χ3n) is 4.88. The summed E-state index contributed by atoms with van der Waals surface area (Å²) in [5.41, 5.74) is 0. The van der Waals surface area contributed by atoms with Gasteiger partial charge in [0.15, 0.2) is 5.79 Å². The van der Waals surface area contributed by atoms with Crippen LogP contribution in [0.4, 0.5) is 0 Å². The second kappa shape index (κ2) is 15.4. The molecule has 0 aromatic rings. The fourth-order valence-corrected chi connectivity index (χ4v) is 3.04. The van der Waals surface area contributed by atoms with Crippen molar-refractivity contribution in [3.8, 4) is 0 Å². The molecule has 0 spiro atoms. The van der Waals surface area contributed by atoms with Crippen molar-refractivity contribution in [2.24, 2.45) is 5.92 Å². The van der Waals surface area contributed by atoms with Crippen LogP contribution in [0.25, 0.3) is 0 Å². The first-order valence-electron chi connectivity index (χ1n) is 10.3. The number of unbranched alkanes of at least 4 members (excludes halogenated alkanes) is 10. The highest BCUT2D eigenvalue weighted by atomic mass is 16.5. The summed E-state index contributed by atoms with van der Waals surface area (Å²) >= 11 is 0. The standard InChI is InChI=1S/C21H40O4/c1-3-5-6-7-8-9-10-11-12-13-14-15-16-17-18-19(20(22)23)21(24,25)4-2/h11-12,19,24-25H,3-10,13-18H2,1-2H3,(H,22,23)/b12-11-. The van der Waals surface area contributed by atoms with Gasteiger partial charge in [0, 0.05) is 0 Å². The van der Waals surface area contributed by atoms with E-state index in [1.54, 1.807) is 6.92 Å². The molecule has 4 nitrogen and oxygen atoms in total. The lowest BCUT2D eigenvalue weighted by Crippen LogP contribution is -2.41. The van der Waals surface area contributed by atoms with E-state index in [0.29, 0.717) is 6.42 Å². The number of aliphatic carboxylic acids is 1. The maximum atomic E-state index is 11.1. The summed E-state index contributed by atoms with van der Waals surface area (Å²) in [5.74, 6) is -4.30. The monoisotopic (exact) mass is 356 g/mol. The molecular weight excluding hydrogens is 316 g/mol. The number of carboxylic acids is 1. The van der Waals surface area contributed by atoms with Crippen molar-refractivity contribution in [1.29, 1.82) is 0 Å². The quantitative estimate of drug-likeness (QED) is 0.185. The molecule has 148 valence electrons. The Kier molecular flexibility index (Phi) is 14.9. The fraction of sp³-hybridized carbons (Fsp3) is 0.857. The Balaban J connectivity index is 3.57. The topological polar surface area (TPSA) is 77.8 Å². The van der Waals surface area contributed by atoms with E-state index in [-0.39, 0.29) is 6.42 Å². The van der Waals surface area contributed by atoms with Crippen molar-refractivity contribution < 1.29 is 20.1 Å². The zero-order chi connectivity index (χ0) is 19.0. The van der Waals surface area contributed by atoms with E-state index >= 15 is 0 Å². The van der Waals surface area contributed by atoms with Gasteiger partial charge >= 0.3 is 5.97 Å². The van der Waals surface area contributed by atoms with Gasteiger partial charge in [-0.1, -0.05) is 77.4 Å². The van der Waals surface area contributed by atoms with Crippen LogP contribution in [-0.2, 0) is 4.79 Å². The van der Waals surface area contributed by atoms with E-state index in [9.17, 15) is 15.0 Å². The maximum Gasteiger partial charge on any atom is 0.311 e. The molecule has 0 bridgehead atoms. The van der Waals surface area contributed by atoms with Gasteiger partial charge in [0.1, 0.15) is 5.92 Å². The molecule has 4 heteroatoms. The maximum absolute atomic E-state index is 11.1. The van der Waals surface area contributed by atoms with Gasteiger partial charge in [-0.05, 0) is 38.5 Å². The third-order valence-corrected chi connectivity index (χ3v) is 4.88. The van der Waals surface area contributed by atoms with Crippen molar-refractivity contribution in [3.63, 3.8) is 0 Å². The summed E-state index contributed by atoms with van der Waals surface area (Å²) in [6.07, 6.45) is 19.0. The van der Waals surface area contributed by atoms with Gasteiger partial charge in [-0.2, -0.15) is 0 Å². The number of aliphatic hydroxyl groups is 2. The normalized spacial score (nSPS) is 13.4. The first kappa shape index (κ1) is 24.1. The number of carboxylic acid groups (broad SMARTS) is 1. The molecule has 0 rings (SSSR count). The molecule has 1 atom stereocenters. The smallest absolute Gasteiger partial charge is 0.311 e. The van der Waals surface area contributed by atoms with Crippen LogP contribution in [0.15, 0.2) is 12.2 Å². The molecule has 0 aromatic heterocycles. The average Bonchev–Trinajstić information content (AvgIpc) is 2.57. The first-order chi connectivity index (χ1) is 12.0. The van der Waals surface area contributed by atoms with Crippen LogP contribution in [0, 0.1) is 5.92 Å². The Hall–Kier alpha value is -0.870. The van der Waals surface area contributed by atoms with Crippen molar-refractivity contribution in [2.45, 2.75) is 110 Å². The zero-order valence-electron chi connectivity index (χ0n) is 16.4. The van der Waals surface area contributed by atoms with Gasteiger partial charge in [-0.15, -0.1) is 0 Å². The van der Waals surface area contributed by atoms with Crippen molar-refractivity contribution in [3.05, 3.63) is 12.2 Å². The molecule has 0 aliphatic rings. The number of hydrogen-bond donors (Lipinski definition) is 3. The highest BCUT2D eigenvalue weighted by molar-refractivity contribution is 5.71. The predicted molar refractivity (Wildman–Crippen MR) is 103 cm³/mol. The summed E-state index contributed by atoms with van der Waals surface area (Å²) in [4.78, 5) is 11.1. The number of hydrogen-bond acceptors (Lipinski definition) is 3. The van der Waals surface area contributed by atoms with Crippen LogP contribution in [0.2, 0.25) is 0 Å². The van der Waals surface area contributed by atoms with E-state index in [0.717, 1.165) is 32.1 Å². The van der Waals surface area contributed by atoms with Crippen molar-refractivity contribution >= 4 is 5.97 Å². The molecule has 0 saturated carbocycles. The van der Waals surface area contributed by atoms with Gasteiger partial charge < -0.3 is 15.3 Å². The predicted octanol–water partition coefficient (Wildman–Crippen LogP) is 5.43. The molecular formula is C21H40O4. The van der Waals surface area contributed by atoms with Crippen LogP contribution in [0.3, 0.4) is 0 Å². The lowest BCUT2D eigenvalue weighted by Gasteiger charge is -2.27. The molecule has 0 amide bonds. The van der Waals surface area contributed by atoms with Crippen LogP contribution in [0.1, 0.15) is 104 Å². The molecule has 0 saturated heterocycles. The highest BCUT2D eigenvalue weighted by Crippen LogP contribution is 2.24. The van der Waals surface area contributed by atoms with E-state index in [1.807, 2.05) is 0 Å². The molecule has 1 unspecified atom stereocenters. The van der Waals surface area contributed by atoms with Crippen molar-refractivity contribution in [1.82, 2.24) is 0 Å². The van der Waals surface area contributed by atoms with Crippen molar-refractivity contribution in [2.75, 3.05) is 0 Å². The Morgan fingerprint density at radius 1 is 0.840 bits per heavy atom. The zero-order valence-corrected chi connectivity index (χ0v) is 16.4. The van der Waals surface area contributed by atoms with Gasteiger partial charge in [-0.3, -0.25) is 4.79 Å². The summed E-state index contributed by atoms with van der Waals surface area (Å²) in [6, 6.07) is 0. The fourth-order valence-electron chi connectivity index (χ4n) is 3.04. The minimum absolute atomic E-state index is 0.0351. The average molecular weight is 357 g/mol. The summed E-state index contributed by atoms with van der Waals surface area (Å²) in [7, 11) is 0. The van der Waals surface area contributed by atoms with E-state index < -0.39 is 17.7 Å². The molecule has 0 fully saturated rings. The second-order valence-corrected chi connectivity index (χ2v) is 7.14. The highest BCUT2D eigenvalue weighted by Gasteiger charge is 2.37. The number of rotatable bonds is 17. The molecule has 0 heterocycles. The second-order valence-electron chi connectivity index (χ2n) is 7.14. The first-order valence-corrected chi connectivity index (χ1v) is 10.3. The Morgan fingerprint density at radius 3 is 1.80 bits per heavy atom. The molecule has 3 N–H and O–H groups in total. The molecule has 0 aliphatic heterocycles. The minimum Gasteiger partial charge on any atom is -0.481 e. The summed E-state index contributed by atoms with van der Waals surface area (Å²) in [5, 5.41) is 28.6. The number of carbonyl (C=O) groups is 1. The van der Waals surface area contributed by atoms with Crippen LogP contribution in [0.5, 0.6) is 0 Å². The van der Waals surface area contributed by atoms with E-state index in [4.69, 9.17) is 5.11 Å². The number of allylic oxidation sites excluding steroid dienone is 2. The third kappa shape index (κ3) is 13.1. The summed E-state index contributed by atoms with van der Waals surface area (Å²) < 4.78 is 0. The lowest BCUT2D eigenvalue weighted by molar-refractivity contribution is -0.212. The Morgan fingerprint density at radius 2 is 1.32 bits per heavy atom. The SMILES string of the molecule is CCCCCCCC/C=C\CCCCCCC(C(=O)O)C(O)(O)CC.